The number of carbonyl (C=O) groups excluding carboxylic acids is 2. The molecule has 1 fully saturated rings. The van der Waals surface area contributed by atoms with E-state index in [1.807, 2.05) is 62.1 Å². The van der Waals surface area contributed by atoms with Crippen LogP contribution >= 0.6 is 0 Å². The van der Waals surface area contributed by atoms with Gasteiger partial charge in [-0.25, -0.2) is 4.98 Å². The van der Waals surface area contributed by atoms with Gasteiger partial charge in [-0.05, 0) is 69.9 Å². The topological polar surface area (TPSA) is 75.4 Å². The van der Waals surface area contributed by atoms with E-state index in [1.54, 1.807) is 6.07 Å². The third-order valence-corrected chi connectivity index (χ3v) is 5.76. The van der Waals surface area contributed by atoms with Crippen molar-refractivity contribution in [2.75, 3.05) is 13.1 Å². The molecular formula is C25H29N3O3. The zero-order valence-corrected chi connectivity index (χ0v) is 18.4. The Morgan fingerprint density at radius 1 is 1.13 bits per heavy atom. The monoisotopic (exact) mass is 419 g/mol. The molecule has 0 atom stereocenters. The SMILES string of the molecule is Cc1ccc(-c2nc3ccc(C(=O)N4CCC(CC(=O)NC(C)C)CC4)cc3o2)cc1. The van der Waals surface area contributed by atoms with Gasteiger partial charge in [0.2, 0.25) is 11.8 Å². The molecule has 0 radical (unpaired) electrons. The van der Waals surface area contributed by atoms with E-state index in [4.69, 9.17) is 4.42 Å². The van der Waals surface area contributed by atoms with Gasteiger partial charge >= 0.3 is 0 Å². The molecule has 1 aliphatic heterocycles. The number of carbonyl (C=O) groups is 2. The van der Waals surface area contributed by atoms with Crippen LogP contribution < -0.4 is 5.32 Å². The first-order valence-corrected chi connectivity index (χ1v) is 11.0. The van der Waals surface area contributed by atoms with Crippen LogP contribution in [0.3, 0.4) is 0 Å². The lowest BCUT2D eigenvalue weighted by Crippen LogP contribution is -2.40. The maximum atomic E-state index is 13.0. The molecule has 6 heteroatoms. The highest BCUT2D eigenvalue weighted by molar-refractivity contribution is 5.97. The molecule has 162 valence electrons. The number of nitrogens with zero attached hydrogens (tertiary/aromatic N) is 2. The number of oxazole rings is 1. The van der Waals surface area contributed by atoms with Crippen LogP contribution in [0.1, 0.15) is 49.0 Å². The summed E-state index contributed by atoms with van der Waals surface area (Å²) < 4.78 is 5.94. The van der Waals surface area contributed by atoms with Crippen molar-refractivity contribution in [3.8, 4) is 11.5 Å². The van der Waals surface area contributed by atoms with E-state index in [-0.39, 0.29) is 17.9 Å². The Morgan fingerprint density at radius 3 is 2.52 bits per heavy atom. The van der Waals surface area contributed by atoms with Gasteiger partial charge in [-0.3, -0.25) is 9.59 Å². The molecule has 0 aliphatic carbocycles. The number of amides is 2. The molecule has 3 aromatic rings. The summed E-state index contributed by atoms with van der Waals surface area (Å²) >= 11 is 0. The highest BCUT2D eigenvalue weighted by Gasteiger charge is 2.25. The lowest BCUT2D eigenvalue weighted by Gasteiger charge is -2.32. The Bertz CT molecular complexity index is 1080. The molecule has 0 unspecified atom stereocenters. The van der Waals surface area contributed by atoms with Gasteiger partial charge in [-0.2, -0.15) is 0 Å². The molecule has 1 saturated heterocycles. The summed E-state index contributed by atoms with van der Waals surface area (Å²) in [6.07, 6.45) is 2.23. The Labute approximate surface area is 182 Å². The molecule has 6 nitrogen and oxygen atoms in total. The molecule has 1 N–H and O–H groups in total. The molecule has 1 aliphatic rings. The molecule has 4 rings (SSSR count). The van der Waals surface area contributed by atoms with Crippen LogP contribution in [-0.2, 0) is 4.79 Å². The van der Waals surface area contributed by atoms with E-state index in [0.717, 1.165) is 23.9 Å². The van der Waals surface area contributed by atoms with Crippen molar-refractivity contribution in [1.29, 1.82) is 0 Å². The zero-order chi connectivity index (χ0) is 22.0. The predicted molar refractivity (Wildman–Crippen MR) is 121 cm³/mol. The Kier molecular flexibility index (Phi) is 6.07. The van der Waals surface area contributed by atoms with Crippen molar-refractivity contribution in [3.63, 3.8) is 0 Å². The lowest BCUT2D eigenvalue weighted by molar-refractivity contribution is -0.122. The van der Waals surface area contributed by atoms with Crippen LogP contribution in [0.4, 0.5) is 0 Å². The lowest BCUT2D eigenvalue weighted by atomic mass is 9.92. The molecule has 0 saturated carbocycles. The number of likely N-dealkylation sites (tertiary alicyclic amines) is 1. The maximum Gasteiger partial charge on any atom is 0.253 e. The van der Waals surface area contributed by atoms with Gasteiger partial charge in [0.25, 0.3) is 5.91 Å². The van der Waals surface area contributed by atoms with E-state index in [2.05, 4.69) is 10.3 Å². The summed E-state index contributed by atoms with van der Waals surface area (Å²) in [6.45, 7) is 7.31. The maximum absolute atomic E-state index is 13.0. The number of nitrogens with one attached hydrogen (secondary N) is 1. The molecule has 2 aromatic carbocycles. The summed E-state index contributed by atoms with van der Waals surface area (Å²) in [5.41, 5.74) is 4.05. The van der Waals surface area contributed by atoms with Crippen molar-refractivity contribution in [2.24, 2.45) is 5.92 Å². The Hall–Kier alpha value is -3.15. The Morgan fingerprint density at radius 2 is 1.84 bits per heavy atom. The molecule has 2 amide bonds. The van der Waals surface area contributed by atoms with Gasteiger partial charge in [0.05, 0.1) is 0 Å². The number of piperidine rings is 1. The van der Waals surface area contributed by atoms with Crippen LogP contribution in [0.25, 0.3) is 22.6 Å². The number of rotatable bonds is 5. The van der Waals surface area contributed by atoms with Crippen LogP contribution in [0.2, 0.25) is 0 Å². The van der Waals surface area contributed by atoms with E-state index >= 15 is 0 Å². The van der Waals surface area contributed by atoms with Crippen LogP contribution in [-0.4, -0.2) is 40.8 Å². The highest BCUT2D eigenvalue weighted by atomic mass is 16.3. The second-order valence-corrected chi connectivity index (χ2v) is 8.73. The fraction of sp³-hybridized carbons (Fsp3) is 0.400. The van der Waals surface area contributed by atoms with Gasteiger partial charge in [-0.15, -0.1) is 0 Å². The second-order valence-electron chi connectivity index (χ2n) is 8.73. The average Bonchev–Trinajstić information content (AvgIpc) is 3.17. The molecule has 0 bridgehead atoms. The predicted octanol–water partition coefficient (Wildman–Crippen LogP) is 4.57. The van der Waals surface area contributed by atoms with Gasteiger partial charge in [0.15, 0.2) is 5.58 Å². The third-order valence-electron chi connectivity index (χ3n) is 5.76. The molecule has 0 spiro atoms. The summed E-state index contributed by atoms with van der Waals surface area (Å²) in [7, 11) is 0. The first-order chi connectivity index (χ1) is 14.9. The standard InChI is InChI=1S/C25H29N3O3/c1-16(2)26-23(29)14-18-10-12-28(13-11-18)25(30)20-8-9-21-22(15-20)31-24(27-21)19-6-4-17(3)5-7-19/h4-9,15-16,18H,10-14H2,1-3H3,(H,26,29). The molecule has 2 heterocycles. The van der Waals surface area contributed by atoms with Crippen molar-refractivity contribution in [1.82, 2.24) is 15.2 Å². The number of benzene rings is 2. The van der Waals surface area contributed by atoms with E-state index in [0.29, 0.717) is 42.5 Å². The van der Waals surface area contributed by atoms with E-state index in [1.165, 1.54) is 5.56 Å². The van der Waals surface area contributed by atoms with Crippen molar-refractivity contribution in [2.45, 2.75) is 46.1 Å². The van der Waals surface area contributed by atoms with Crippen LogP contribution in [0.15, 0.2) is 46.9 Å². The Balaban J connectivity index is 1.41. The van der Waals surface area contributed by atoms with Crippen LogP contribution in [0.5, 0.6) is 0 Å². The fourth-order valence-corrected chi connectivity index (χ4v) is 4.04. The van der Waals surface area contributed by atoms with Gasteiger partial charge < -0.3 is 14.6 Å². The zero-order valence-electron chi connectivity index (χ0n) is 18.4. The summed E-state index contributed by atoms with van der Waals surface area (Å²) in [5.74, 6) is 0.983. The fourth-order valence-electron chi connectivity index (χ4n) is 4.04. The minimum absolute atomic E-state index is 0.000248. The van der Waals surface area contributed by atoms with Crippen LogP contribution in [0, 0.1) is 12.8 Å². The van der Waals surface area contributed by atoms with E-state index in [9.17, 15) is 9.59 Å². The third kappa shape index (κ3) is 4.95. The normalized spacial score (nSPS) is 14.9. The smallest absolute Gasteiger partial charge is 0.253 e. The summed E-state index contributed by atoms with van der Waals surface area (Å²) in [6, 6.07) is 13.6. The molecule has 1 aromatic heterocycles. The second kappa shape index (κ2) is 8.92. The number of hydrogen-bond donors (Lipinski definition) is 1. The highest BCUT2D eigenvalue weighted by Crippen LogP contribution is 2.27. The van der Waals surface area contributed by atoms with Crippen molar-refractivity contribution >= 4 is 22.9 Å². The van der Waals surface area contributed by atoms with E-state index < -0.39 is 0 Å². The minimum Gasteiger partial charge on any atom is -0.436 e. The number of hydrogen-bond acceptors (Lipinski definition) is 4. The molecular weight excluding hydrogens is 390 g/mol. The quantitative estimate of drug-likeness (QED) is 0.657. The van der Waals surface area contributed by atoms with Gasteiger partial charge in [-0.1, -0.05) is 17.7 Å². The number of aryl methyl sites for hydroxylation is 1. The van der Waals surface area contributed by atoms with Crippen molar-refractivity contribution in [3.05, 3.63) is 53.6 Å². The average molecular weight is 420 g/mol. The van der Waals surface area contributed by atoms with Gasteiger partial charge in [0.1, 0.15) is 5.52 Å². The summed E-state index contributed by atoms with van der Waals surface area (Å²) in [5, 5.41) is 2.95. The first-order valence-electron chi connectivity index (χ1n) is 11.0. The number of fused-ring (bicyclic) bond motifs is 1. The number of aromatic nitrogens is 1. The first kappa shape index (κ1) is 21.1. The van der Waals surface area contributed by atoms with Gasteiger partial charge in [0, 0.05) is 36.7 Å². The largest absolute Gasteiger partial charge is 0.436 e. The minimum atomic E-state index is 0.000248. The summed E-state index contributed by atoms with van der Waals surface area (Å²) in [4.78, 5) is 31.4. The molecule has 31 heavy (non-hydrogen) atoms. The van der Waals surface area contributed by atoms with Crippen molar-refractivity contribution < 1.29 is 14.0 Å².